The van der Waals surface area contributed by atoms with Gasteiger partial charge in [0, 0.05) is 18.2 Å². The molecule has 0 radical (unpaired) electrons. The topological polar surface area (TPSA) is 32.3 Å². The van der Waals surface area contributed by atoms with Crippen molar-refractivity contribution in [2.45, 2.75) is 52.6 Å². The number of aliphatic hydroxyl groups excluding tert-OH is 1. The minimum atomic E-state index is 0.143. The highest BCUT2D eigenvalue weighted by molar-refractivity contribution is 4.79. The SMILES string of the molecule is CC(C)C(CCO)NC(C)(C)C. The van der Waals surface area contributed by atoms with E-state index in [0.29, 0.717) is 12.0 Å². The quantitative estimate of drug-likeness (QED) is 0.679. The molecule has 0 rings (SSSR count). The molecule has 12 heavy (non-hydrogen) atoms. The van der Waals surface area contributed by atoms with Crippen molar-refractivity contribution in [3.8, 4) is 0 Å². The Hall–Kier alpha value is -0.0800. The van der Waals surface area contributed by atoms with Crippen LogP contribution >= 0.6 is 0 Å². The standard InChI is InChI=1S/C10H23NO/c1-8(2)9(6-7-12)11-10(3,4)5/h8-9,11-12H,6-7H2,1-5H3. The summed E-state index contributed by atoms with van der Waals surface area (Å²) in [6, 6.07) is 0.426. The molecule has 0 aliphatic heterocycles. The second kappa shape index (κ2) is 4.83. The van der Waals surface area contributed by atoms with Crippen molar-refractivity contribution >= 4 is 0 Å². The third kappa shape index (κ3) is 5.56. The Morgan fingerprint density at radius 3 is 2.00 bits per heavy atom. The molecular weight excluding hydrogens is 150 g/mol. The minimum absolute atomic E-state index is 0.143. The van der Waals surface area contributed by atoms with Crippen molar-refractivity contribution < 1.29 is 5.11 Å². The van der Waals surface area contributed by atoms with Gasteiger partial charge in [-0.2, -0.15) is 0 Å². The fourth-order valence-corrected chi connectivity index (χ4v) is 1.27. The van der Waals surface area contributed by atoms with Crippen LogP contribution in [0.4, 0.5) is 0 Å². The minimum Gasteiger partial charge on any atom is -0.396 e. The number of nitrogens with one attached hydrogen (secondary N) is 1. The van der Waals surface area contributed by atoms with E-state index in [2.05, 4.69) is 39.9 Å². The van der Waals surface area contributed by atoms with Crippen molar-refractivity contribution in [3.05, 3.63) is 0 Å². The van der Waals surface area contributed by atoms with Gasteiger partial charge in [0.15, 0.2) is 0 Å². The zero-order valence-corrected chi connectivity index (χ0v) is 9.02. The molecule has 0 aromatic carbocycles. The summed E-state index contributed by atoms with van der Waals surface area (Å²) in [6.07, 6.45) is 0.842. The van der Waals surface area contributed by atoms with Crippen LogP contribution in [0, 0.1) is 5.92 Å². The second-order valence-electron chi connectivity index (χ2n) is 4.76. The molecule has 0 aromatic heterocycles. The number of hydrogen-bond donors (Lipinski definition) is 2. The monoisotopic (exact) mass is 173 g/mol. The lowest BCUT2D eigenvalue weighted by Gasteiger charge is -2.30. The lowest BCUT2D eigenvalue weighted by molar-refractivity contribution is 0.220. The van der Waals surface area contributed by atoms with Crippen LogP contribution in [0.25, 0.3) is 0 Å². The molecule has 2 N–H and O–H groups in total. The van der Waals surface area contributed by atoms with Gasteiger partial charge in [0.1, 0.15) is 0 Å². The van der Waals surface area contributed by atoms with Crippen LogP contribution in [-0.2, 0) is 0 Å². The van der Waals surface area contributed by atoms with Crippen LogP contribution < -0.4 is 5.32 Å². The zero-order chi connectivity index (χ0) is 9.78. The summed E-state index contributed by atoms with van der Waals surface area (Å²) in [4.78, 5) is 0. The van der Waals surface area contributed by atoms with Gasteiger partial charge in [0.2, 0.25) is 0 Å². The van der Waals surface area contributed by atoms with Crippen molar-refractivity contribution in [1.82, 2.24) is 5.32 Å². The average molecular weight is 173 g/mol. The van der Waals surface area contributed by atoms with Gasteiger partial charge in [0.25, 0.3) is 0 Å². The van der Waals surface area contributed by atoms with E-state index in [1.165, 1.54) is 0 Å². The van der Waals surface area contributed by atoms with Gasteiger partial charge in [-0.1, -0.05) is 13.8 Å². The molecule has 0 amide bonds. The molecule has 0 aliphatic carbocycles. The summed E-state index contributed by atoms with van der Waals surface area (Å²) in [6.45, 7) is 11.1. The first-order valence-electron chi connectivity index (χ1n) is 4.75. The van der Waals surface area contributed by atoms with Crippen molar-refractivity contribution in [2.75, 3.05) is 6.61 Å². The molecule has 0 bridgehead atoms. The normalized spacial score (nSPS) is 15.2. The van der Waals surface area contributed by atoms with Crippen LogP contribution in [0.5, 0.6) is 0 Å². The predicted molar refractivity (Wildman–Crippen MR) is 53.2 cm³/mol. The number of aliphatic hydroxyl groups is 1. The molecule has 0 aliphatic rings. The third-order valence-corrected chi connectivity index (χ3v) is 1.86. The maximum Gasteiger partial charge on any atom is 0.0445 e. The van der Waals surface area contributed by atoms with E-state index >= 15 is 0 Å². The third-order valence-electron chi connectivity index (χ3n) is 1.86. The molecule has 1 atom stereocenters. The van der Waals surface area contributed by atoms with Gasteiger partial charge in [0.05, 0.1) is 0 Å². The Bertz CT molecular complexity index is 115. The maximum absolute atomic E-state index is 8.84. The Labute approximate surface area is 76.4 Å². The van der Waals surface area contributed by atoms with Gasteiger partial charge in [-0.25, -0.2) is 0 Å². The van der Waals surface area contributed by atoms with Crippen molar-refractivity contribution in [1.29, 1.82) is 0 Å². The molecule has 74 valence electrons. The Morgan fingerprint density at radius 1 is 1.25 bits per heavy atom. The molecule has 0 saturated carbocycles. The van der Waals surface area contributed by atoms with Crippen molar-refractivity contribution in [3.63, 3.8) is 0 Å². The van der Waals surface area contributed by atoms with E-state index < -0.39 is 0 Å². The molecule has 2 nitrogen and oxygen atoms in total. The molecule has 1 unspecified atom stereocenters. The Morgan fingerprint density at radius 2 is 1.75 bits per heavy atom. The largest absolute Gasteiger partial charge is 0.396 e. The zero-order valence-electron chi connectivity index (χ0n) is 9.02. The molecule has 0 heterocycles. The van der Waals surface area contributed by atoms with Gasteiger partial charge in [-0.15, -0.1) is 0 Å². The van der Waals surface area contributed by atoms with Crippen LogP contribution in [0.15, 0.2) is 0 Å². The molecule has 0 saturated heterocycles. The number of rotatable bonds is 4. The summed E-state index contributed by atoms with van der Waals surface area (Å²) >= 11 is 0. The highest BCUT2D eigenvalue weighted by Gasteiger charge is 2.18. The molecule has 2 heteroatoms. The Balaban J connectivity index is 3.95. The van der Waals surface area contributed by atoms with Crippen LogP contribution in [0.1, 0.15) is 41.0 Å². The molecule has 0 aromatic rings. The average Bonchev–Trinajstić information content (AvgIpc) is 1.83. The lowest BCUT2D eigenvalue weighted by atomic mass is 9.97. The first-order chi connectivity index (χ1) is 5.37. The van der Waals surface area contributed by atoms with Gasteiger partial charge >= 0.3 is 0 Å². The van der Waals surface area contributed by atoms with Gasteiger partial charge < -0.3 is 10.4 Å². The predicted octanol–water partition coefficient (Wildman–Crippen LogP) is 1.78. The number of hydrogen-bond acceptors (Lipinski definition) is 2. The van der Waals surface area contributed by atoms with Crippen LogP contribution in [0.2, 0.25) is 0 Å². The summed E-state index contributed by atoms with van der Waals surface area (Å²) in [5, 5.41) is 12.3. The fourth-order valence-electron chi connectivity index (χ4n) is 1.27. The van der Waals surface area contributed by atoms with Crippen LogP contribution in [0.3, 0.4) is 0 Å². The van der Waals surface area contributed by atoms with E-state index in [0.717, 1.165) is 6.42 Å². The summed E-state index contributed by atoms with van der Waals surface area (Å²) < 4.78 is 0. The first-order valence-corrected chi connectivity index (χ1v) is 4.75. The molecular formula is C10H23NO. The Kier molecular flexibility index (Phi) is 4.80. The molecule has 0 fully saturated rings. The second-order valence-corrected chi connectivity index (χ2v) is 4.76. The maximum atomic E-state index is 8.84. The fraction of sp³-hybridized carbons (Fsp3) is 1.00. The highest BCUT2D eigenvalue weighted by atomic mass is 16.3. The summed E-state index contributed by atoms with van der Waals surface area (Å²) in [5.74, 6) is 0.580. The van der Waals surface area contributed by atoms with E-state index in [-0.39, 0.29) is 12.1 Å². The smallest absolute Gasteiger partial charge is 0.0445 e. The van der Waals surface area contributed by atoms with E-state index in [1.54, 1.807) is 0 Å². The van der Waals surface area contributed by atoms with E-state index in [1.807, 2.05) is 0 Å². The van der Waals surface area contributed by atoms with Gasteiger partial charge in [-0.05, 0) is 33.1 Å². The lowest BCUT2D eigenvalue weighted by Crippen LogP contribution is -2.46. The van der Waals surface area contributed by atoms with E-state index in [4.69, 9.17) is 5.11 Å². The summed E-state index contributed by atoms with van der Waals surface area (Å²) in [5.41, 5.74) is 0.143. The van der Waals surface area contributed by atoms with E-state index in [9.17, 15) is 0 Å². The first kappa shape index (κ1) is 11.9. The highest BCUT2D eigenvalue weighted by Crippen LogP contribution is 2.10. The summed E-state index contributed by atoms with van der Waals surface area (Å²) in [7, 11) is 0. The van der Waals surface area contributed by atoms with Gasteiger partial charge in [-0.3, -0.25) is 0 Å². The van der Waals surface area contributed by atoms with Crippen LogP contribution in [-0.4, -0.2) is 23.3 Å². The van der Waals surface area contributed by atoms with Crippen molar-refractivity contribution in [2.24, 2.45) is 5.92 Å². The molecule has 0 spiro atoms.